The van der Waals surface area contributed by atoms with E-state index >= 15 is 0 Å². The number of hydrogen-bond donors (Lipinski definition) is 0. The largest absolute Gasteiger partial charge is 0.271 e. The van der Waals surface area contributed by atoms with Crippen molar-refractivity contribution in [2.45, 2.75) is 5.75 Å². The molecule has 3 heterocycles. The minimum atomic E-state index is 0.755. The molecule has 106 valence electrons. The maximum Gasteiger partial charge on any atom is 0.235 e. The molecule has 21 heavy (non-hydrogen) atoms. The number of benzene rings is 1. The molecule has 0 aliphatic carbocycles. The van der Waals surface area contributed by atoms with Gasteiger partial charge in [-0.1, -0.05) is 65.2 Å². The number of fused-ring (bicyclic) bond motifs is 1. The van der Waals surface area contributed by atoms with Gasteiger partial charge in [-0.15, -0.1) is 10.2 Å². The van der Waals surface area contributed by atoms with Crippen LogP contribution in [0.15, 0.2) is 35.3 Å². The van der Waals surface area contributed by atoms with E-state index < -0.39 is 0 Å². The second kappa shape index (κ2) is 5.78. The molecule has 0 amide bonds. The molecule has 1 aromatic carbocycles. The van der Waals surface area contributed by atoms with Crippen molar-refractivity contribution in [3.63, 3.8) is 0 Å². The van der Waals surface area contributed by atoms with E-state index in [9.17, 15) is 0 Å². The normalized spacial score (nSPS) is 14.8. The Labute approximate surface area is 133 Å². The van der Waals surface area contributed by atoms with Crippen LogP contribution in [-0.4, -0.2) is 36.5 Å². The maximum atomic E-state index is 4.64. The zero-order valence-corrected chi connectivity index (χ0v) is 13.4. The van der Waals surface area contributed by atoms with Gasteiger partial charge in [-0.3, -0.25) is 4.99 Å². The zero-order valence-electron chi connectivity index (χ0n) is 11.0. The molecule has 1 aliphatic heterocycles. The SMILES string of the molecule is c1ccc(-c2nn3c(CSC4=NCCS4)nnc3s2)cc1. The van der Waals surface area contributed by atoms with E-state index in [2.05, 4.69) is 32.4 Å². The van der Waals surface area contributed by atoms with Crippen LogP contribution in [0.2, 0.25) is 0 Å². The van der Waals surface area contributed by atoms with Crippen molar-refractivity contribution in [3.05, 3.63) is 36.2 Å². The number of nitrogens with zero attached hydrogens (tertiary/aromatic N) is 5. The van der Waals surface area contributed by atoms with Gasteiger partial charge in [0.1, 0.15) is 9.38 Å². The van der Waals surface area contributed by atoms with Crippen LogP contribution in [0.3, 0.4) is 0 Å². The van der Waals surface area contributed by atoms with Gasteiger partial charge in [-0.25, -0.2) is 0 Å². The Bertz CT molecular complexity index is 793. The predicted molar refractivity (Wildman–Crippen MR) is 90.2 cm³/mol. The summed E-state index contributed by atoms with van der Waals surface area (Å²) in [7, 11) is 0. The van der Waals surface area contributed by atoms with Crippen LogP contribution in [-0.2, 0) is 5.75 Å². The molecule has 8 heteroatoms. The maximum absolute atomic E-state index is 4.64. The molecule has 0 atom stereocenters. The summed E-state index contributed by atoms with van der Waals surface area (Å²) in [6.07, 6.45) is 0. The summed E-state index contributed by atoms with van der Waals surface area (Å²) in [5, 5.41) is 14.1. The monoisotopic (exact) mass is 333 g/mol. The molecule has 0 fully saturated rings. The topological polar surface area (TPSA) is 55.4 Å². The van der Waals surface area contributed by atoms with Gasteiger partial charge in [0, 0.05) is 11.3 Å². The molecule has 0 radical (unpaired) electrons. The van der Waals surface area contributed by atoms with Gasteiger partial charge in [0.2, 0.25) is 4.96 Å². The third kappa shape index (κ3) is 2.70. The summed E-state index contributed by atoms with van der Waals surface area (Å²) in [6.45, 7) is 0.928. The van der Waals surface area contributed by atoms with Crippen LogP contribution in [0.4, 0.5) is 0 Å². The predicted octanol–water partition coefficient (Wildman–Crippen LogP) is 3.19. The molecule has 0 saturated carbocycles. The number of aliphatic imine (C=N–C) groups is 1. The lowest BCUT2D eigenvalue weighted by atomic mass is 10.2. The molecule has 3 aromatic rings. The van der Waals surface area contributed by atoms with E-state index in [1.807, 2.05) is 34.5 Å². The first-order valence-corrected chi connectivity index (χ1v) is 9.25. The molecule has 2 aromatic heterocycles. The third-order valence-electron chi connectivity index (χ3n) is 2.96. The first kappa shape index (κ1) is 13.3. The van der Waals surface area contributed by atoms with Crippen LogP contribution in [0.1, 0.15) is 5.82 Å². The standard InChI is InChI=1S/C13H11N5S3/c1-2-4-9(5-3-1)11-17-18-10(15-16-12(18)21-11)8-20-13-14-6-7-19-13/h1-5H,6-8H2. The van der Waals surface area contributed by atoms with E-state index in [1.54, 1.807) is 23.1 Å². The number of aromatic nitrogens is 4. The summed E-state index contributed by atoms with van der Waals surface area (Å²) in [4.78, 5) is 5.27. The highest BCUT2D eigenvalue weighted by atomic mass is 32.2. The molecule has 5 nitrogen and oxygen atoms in total. The van der Waals surface area contributed by atoms with Crippen molar-refractivity contribution in [1.82, 2.24) is 19.8 Å². The highest BCUT2D eigenvalue weighted by molar-refractivity contribution is 8.38. The van der Waals surface area contributed by atoms with E-state index in [4.69, 9.17) is 0 Å². The summed E-state index contributed by atoms with van der Waals surface area (Å²) in [5.41, 5.74) is 1.11. The van der Waals surface area contributed by atoms with Gasteiger partial charge in [0.05, 0.1) is 12.3 Å². The minimum Gasteiger partial charge on any atom is -0.271 e. The van der Waals surface area contributed by atoms with Crippen LogP contribution >= 0.6 is 34.9 Å². The molecular formula is C13H11N5S3. The van der Waals surface area contributed by atoms with E-state index in [0.717, 1.165) is 43.8 Å². The molecule has 4 rings (SSSR count). The second-order valence-corrected chi connectivity index (χ2v) is 7.63. The average Bonchev–Trinajstić information content (AvgIpc) is 3.23. The Morgan fingerprint density at radius 1 is 1.19 bits per heavy atom. The first-order valence-electron chi connectivity index (χ1n) is 6.47. The molecule has 0 unspecified atom stereocenters. The highest BCUT2D eigenvalue weighted by Gasteiger charge is 2.15. The van der Waals surface area contributed by atoms with Gasteiger partial charge < -0.3 is 0 Å². The fraction of sp³-hybridized carbons (Fsp3) is 0.231. The summed E-state index contributed by atoms with van der Waals surface area (Å²) >= 11 is 5.09. The van der Waals surface area contributed by atoms with Crippen molar-refractivity contribution < 1.29 is 0 Å². The first-order chi connectivity index (χ1) is 10.4. The lowest BCUT2D eigenvalue weighted by Crippen LogP contribution is -1.95. The summed E-state index contributed by atoms with van der Waals surface area (Å²) in [5.74, 6) is 2.72. The zero-order chi connectivity index (χ0) is 14.1. The van der Waals surface area contributed by atoms with E-state index in [-0.39, 0.29) is 0 Å². The Morgan fingerprint density at radius 2 is 2.10 bits per heavy atom. The van der Waals surface area contributed by atoms with Crippen molar-refractivity contribution in [2.75, 3.05) is 12.3 Å². The van der Waals surface area contributed by atoms with Crippen molar-refractivity contribution in [3.8, 4) is 10.6 Å². The van der Waals surface area contributed by atoms with Crippen LogP contribution in [0.25, 0.3) is 15.5 Å². The lowest BCUT2D eigenvalue weighted by molar-refractivity contribution is 0.888. The van der Waals surface area contributed by atoms with Gasteiger partial charge in [-0.05, 0) is 0 Å². The number of hydrogen-bond acceptors (Lipinski definition) is 7. The van der Waals surface area contributed by atoms with Crippen LogP contribution in [0, 0.1) is 0 Å². The quantitative estimate of drug-likeness (QED) is 0.737. The Hall–Kier alpha value is -1.38. The van der Waals surface area contributed by atoms with Crippen LogP contribution < -0.4 is 0 Å². The highest BCUT2D eigenvalue weighted by Crippen LogP contribution is 2.28. The Morgan fingerprint density at radius 3 is 2.90 bits per heavy atom. The summed E-state index contributed by atoms with van der Waals surface area (Å²) in [6, 6.07) is 10.2. The Kier molecular flexibility index (Phi) is 3.66. The molecule has 0 saturated heterocycles. The van der Waals surface area contributed by atoms with Crippen molar-refractivity contribution in [2.24, 2.45) is 4.99 Å². The molecule has 0 bridgehead atoms. The molecule has 1 aliphatic rings. The summed E-state index contributed by atoms with van der Waals surface area (Å²) < 4.78 is 2.99. The van der Waals surface area contributed by atoms with Crippen LogP contribution in [0.5, 0.6) is 0 Å². The average molecular weight is 333 g/mol. The lowest BCUT2D eigenvalue weighted by Gasteiger charge is -1.97. The smallest absolute Gasteiger partial charge is 0.235 e. The molecular weight excluding hydrogens is 322 g/mol. The van der Waals surface area contributed by atoms with Gasteiger partial charge in [-0.2, -0.15) is 9.61 Å². The van der Waals surface area contributed by atoms with Gasteiger partial charge in [0.15, 0.2) is 5.82 Å². The van der Waals surface area contributed by atoms with Gasteiger partial charge >= 0.3 is 0 Å². The Balaban J connectivity index is 1.60. The third-order valence-corrected chi connectivity index (χ3v) is 6.15. The van der Waals surface area contributed by atoms with Gasteiger partial charge in [0.25, 0.3) is 0 Å². The minimum absolute atomic E-state index is 0.755. The van der Waals surface area contributed by atoms with E-state index in [1.165, 1.54) is 0 Å². The number of rotatable bonds is 3. The molecule has 0 N–H and O–H groups in total. The fourth-order valence-corrected chi connectivity index (χ4v) is 4.75. The van der Waals surface area contributed by atoms with E-state index in [0.29, 0.717) is 0 Å². The number of thioether (sulfide) groups is 2. The fourth-order valence-electron chi connectivity index (χ4n) is 1.97. The second-order valence-electron chi connectivity index (χ2n) is 4.37. The van der Waals surface area contributed by atoms with Crippen molar-refractivity contribution >= 4 is 44.2 Å². The van der Waals surface area contributed by atoms with Crippen molar-refractivity contribution in [1.29, 1.82) is 0 Å². The molecule has 0 spiro atoms.